The molecular weight excluding hydrogens is 322 g/mol. The van der Waals surface area contributed by atoms with Crippen LogP contribution in [-0.2, 0) is 14.3 Å². The van der Waals surface area contributed by atoms with Crippen molar-refractivity contribution in [1.82, 2.24) is 4.98 Å². The molecule has 3 rings (SSSR count). The van der Waals surface area contributed by atoms with Crippen molar-refractivity contribution < 1.29 is 23.5 Å². The standard InChI is InChI=1S/C19H15NO5/c1-23-19(22)17(13-6-3-2-4-7-13)25-18(21)16-10-9-15(24-16)14-8-5-11-20-12-14/h2-12,17H,1H3/t17-/m1/s1. The van der Waals surface area contributed by atoms with Gasteiger partial charge in [-0.1, -0.05) is 30.3 Å². The largest absolute Gasteiger partial charge is 0.466 e. The van der Waals surface area contributed by atoms with Gasteiger partial charge >= 0.3 is 11.9 Å². The van der Waals surface area contributed by atoms with Gasteiger partial charge in [-0.15, -0.1) is 0 Å². The fourth-order valence-electron chi connectivity index (χ4n) is 2.26. The topological polar surface area (TPSA) is 78.6 Å². The van der Waals surface area contributed by atoms with Gasteiger partial charge in [-0.05, 0) is 24.3 Å². The van der Waals surface area contributed by atoms with Crippen molar-refractivity contribution in [2.24, 2.45) is 0 Å². The molecule has 0 aliphatic rings. The maximum absolute atomic E-state index is 12.4. The van der Waals surface area contributed by atoms with Gasteiger partial charge in [0.25, 0.3) is 0 Å². The van der Waals surface area contributed by atoms with E-state index in [9.17, 15) is 9.59 Å². The van der Waals surface area contributed by atoms with Crippen molar-refractivity contribution in [2.45, 2.75) is 6.10 Å². The summed E-state index contributed by atoms with van der Waals surface area (Å²) in [7, 11) is 1.24. The van der Waals surface area contributed by atoms with E-state index in [0.717, 1.165) is 5.56 Å². The summed E-state index contributed by atoms with van der Waals surface area (Å²) in [5.41, 5.74) is 1.25. The van der Waals surface area contributed by atoms with Crippen molar-refractivity contribution in [3.63, 3.8) is 0 Å². The SMILES string of the molecule is COC(=O)[C@H](OC(=O)c1ccc(-c2cccnc2)o1)c1ccccc1. The van der Waals surface area contributed by atoms with Crippen LogP contribution in [0.1, 0.15) is 22.2 Å². The zero-order valence-electron chi connectivity index (χ0n) is 13.4. The molecule has 0 saturated heterocycles. The van der Waals surface area contributed by atoms with E-state index >= 15 is 0 Å². The first-order chi connectivity index (χ1) is 12.2. The molecule has 1 aromatic carbocycles. The summed E-state index contributed by atoms with van der Waals surface area (Å²) in [5, 5.41) is 0. The molecule has 0 aliphatic heterocycles. The molecule has 0 N–H and O–H groups in total. The number of carbonyl (C=O) groups is 2. The third-order valence-electron chi connectivity index (χ3n) is 3.50. The minimum Gasteiger partial charge on any atom is -0.466 e. The second kappa shape index (κ2) is 7.44. The molecule has 0 bridgehead atoms. The van der Waals surface area contributed by atoms with Gasteiger partial charge in [-0.2, -0.15) is 0 Å². The van der Waals surface area contributed by atoms with Crippen LogP contribution >= 0.6 is 0 Å². The third-order valence-corrected chi connectivity index (χ3v) is 3.50. The van der Waals surface area contributed by atoms with Crippen LogP contribution in [0.4, 0.5) is 0 Å². The van der Waals surface area contributed by atoms with E-state index in [1.165, 1.54) is 13.2 Å². The molecule has 2 heterocycles. The molecule has 0 amide bonds. The number of hydrogen-bond acceptors (Lipinski definition) is 6. The number of nitrogens with zero attached hydrogens (tertiary/aromatic N) is 1. The van der Waals surface area contributed by atoms with Crippen molar-refractivity contribution in [1.29, 1.82) is 0 Å². The zero-order chi connectivity index (χ0) is 17.6. The number of carbonyl (C=O) groups excluding carboxylic acids is 2. The predicted octanol–water partition coefficient (Wildman–Crippen LogP) is 3.41. The molecule has 2 aromatic heterocycles. The molecule has 6 nitrogen and oxygen atoms in total. The van der Waals surface area contributed by atoms with Gasteiger partial charge in [-0.3, -0.25) is 4.98 Å². The van der Waals surface area contributed by atoms with Crippen LogP contribution in [0, 0.1) is 0 Å². The smallest absolute Gasteiger partial charge is 0.375 e. The highest BCUT2D eigenvalue weighted by Crippen LogP contribution is 2.24. The molecule has 0 fully saturated rings. The van der Waals surface area contributed by atoms with Crippen LogP contribution in [0.2, 0.25) is 0 Å². The normalized spacial score (nSPS) is 11.6. The first-order valence-electron chi connectivity index (χ1n) is 7.53. The lowest BCUT2D eigenvalue weighted by Gasteiger charge is -2.15. The van der Waals surface area contributed by atoms with Gasteiger partial charge in [0.15, 0.2) is 0 Å². The van der Waals surface area contributed by atoms with Crippen LogP contribution in [0.15, 0.2) is 71.4 Å². The number of pyridine rings is 1. The minimum atomic E-state index is -1.16. The highest BCUT2D eigenvalue weighted by Gasteiger charge is 2.27. The Morgan fingerprint density at radius 3 is 2.52 bits per heavy atom. The van der Waals surface area contributed by atoms with Crippen LogP contribution in [0.25, 0.3) is 11.3 Å². The molecule has 3 aromatic rings. The van der Waals surface area contributed by atoms with E-state index in [4.69, 9.17) is 13.9 Å². The number of hydrogen-bond donors (Lipinski definition) is 0. The van der Waals surface area contributed by atoms with E-state index in [0.29, 0.717) is 11.3 Å². The monoisotopic (exact) mass is 337 g/mol. The Morgan fingerprint density at radius 2 is 1.84 bits per heavy atom. The van der Waals surface area contributed by atoms with E-state index in [-0.39, 0.29) is 5.76 Å². The second-order valence-corrected chi connectivity index (χ2v) is 5.12. The average molecular weight is 337 g/mol. The molecule has 126 valence electrons. The van der Waals surface area contributed by atoms with Crippen LogP contribution < -0.4 is 0 Å². The number of aromatic nitrogens is 1. The summed E-state index contributed by atoms with van der Waals surface area (Å²) < 4.78 is 15.5. The van der Waals surface area contributed by atoms with Crippen LogP contribution in [-0.4, -0.2) is 24.0 Å². The van der Waals surface area contributed by atoms with Gasteiger partial charge in [-0.25, -0.2) is 9.59 Å². The summed E-state index contributed by atoms with van der Waals surface area (Å²) in [6.07, 6.45) is 2.10. The summed E-state index contributed by atoms with van der Waals surface area (Å²) in [4.78, 5) is 28.3. The van der Waals surface area contributed by atoms with Crippen molar-refractivity contribution in [3.8, 4) is 11.3 Å². The Balaban J connectivity index is 1.80. The molecule has 1 atom stereocenters. The minimum absolute atomic E-state index is 0.0105. The first kappa shape index (κ1) is 16.4. The van der Waals surface area contributed by atoms with Crippen LogP contribution in [0.5, 0.6) is 0 Å². The molecule has 6 heteroatoms. The number of ether oxygens (including phenoxy) is 2. The third kappa shape index (κ3) is 3.74. The Hall–Kier alpha value is -3.41. The van der Waals surface area contributed by atoms with Gasteiger partial charge in [0, 0.05) is 23.5 Å². The lowest BCUT2D eigenvalue weighted by molar-refractivity contribution is -0.151. The highest BCUT2D eigenvalue weighted by molar-refractivity contribution is 5.90. The second-order valence-electron chi connectivity index (χ2n) is 5.12. The number of methoxy groups -OCH3 is 1. The zero-order valence-corrected chi connectivity index (χ0v) is 13.4. The maximum atomic E-state index is 12.4. The van der Waals surface area contributed by atoms with Crippen molar-refractivity contribution in [3.05, 3.63) is 78.3 Å². The number of furan rings is 1. The van der Waals surface area contributed by atoms with Gasteiger partial charge in [0.05, 0.1) is 7.11 Å². The van der Waals surface area contributed by atoms with Gasteiger partial charge in [0.1, 0.15) is 5.76 Å². The fraction of sp³-hybridized carbons (Fsp3) is 0.105. The fourth-order valence-corrected chi connectivity index (χ4v) is 2.26. The Bertz CT molecular complexity index is 858. The van der Waals surface area contributed by atoms with Gasteiger partial charge < -0.3 is 13.9 Å². The summed E-state index contributed by atoms with van der Waals surface area (Å²) in [5.74, 6) is -0.953. The van der Waals surface area contributed by atoms with E-state index in [1.807, 2.05) is 6.07 Å². The number of rotatable bonds is 5. The highest BCUT2D eigenvalue weighted by atomic mass is 16.6. The number of esters is 2. The van der Waals surface area contributed by atoms with Crippen LogP contribution in [0.3, 0.4) is 0 Å². The van der Waals surface area contributed by atoms with Crippen molar-refractivity contribution >= 4 is 11.9 Å². The molecule has 25 heavy (non-hydrogen) atoms. The van der Waals surface area contributed by atoms with E-state index in [1.54, 1.807) is 54.9 Å². The lowest BCUT2D eigenvalue weighted by Crippen LogP contribution is -2.21. The molecule has 0 spiro atoms. The average Bonchev–Trinajstić information content (AvgIpc) is 3.17. The molecular formula is C19H15NO5. The summed E-state index contributed by atoms with van der Waals surface area (Å²) in [6.45, 7) is 0. The van der Waals surface area contributed by atoms with Gasteiger partial charge in [0.2, 0.25) is 11.9 Å². The Morgan fingerprint density at radius 1 is 1.04 bits per heavy atom. The van der Waals surface area contributed by atoms with E-state index in [2.05, 4.69) is 4.98 Å². The number of benzene rings is 1. The molecule has 0 aliphatic carbocycles. The van der Waals surface area contributed by atoms with Crippen molar-refractivity contribution in [2.75, 3.05) is 7.11 Å². The quantitative estimate of drug-likeness (QED) is 0.664. The molecule has 0 saturated carbocycles. The first-order valence-corrected chi connectivity index (χ1v) is 7.53. The summed E-state index contributed by atoms with van der Waals surface area (Å²) >= 11 is 0. The predicted molar refractivity (Wildman–Crippen MR) is 88.6 cm³/mol. The lowest BCUT2D eigenvalue weighted by atomic mass is 10.1. The maximum Gasteiger partial charge on any atom is 0.375 e. The molecule has 0 unspecified atom stereocenters. The molecule has 0 radical (unpaired) electrons. The van der Waals surface area contributed by atoms with E-state index < -0.39 is 18.0 Å². The Kier molecular flexibility index (Phi) is 4.89. The summed E-state index contributed by atoms with van der Waals surface area (Å²) in [6, 6.07) is 15.3. The Labute approximate surface area is 144 Å².